The minimum atomic E-state index is -4.24. The number of hydrogen-bond acceptors (Lipinski definition) is 9. The van der Waals surface area contributed by atoms with Gasteiger partial charge in [-0.15, -0.1) is 9.50 Å². The minimum Gasteiger partial charge on any atom is -0.369 e. The number of aryl methyl sites for hydroxylation is 1. The second-order valence-corrected chi connectivity index (χ2v) is 15.9. The van der Waals surface area contributed by atoms with Crippen LogP contribution in [0.1, 0.15) is 16.7 Å². The first kappa shape index (κ1) is 35.5. The first-order chi connectivity index (χ1) is 23.3. The molecule has 254 valence electrons. The van der Waals surface area contributed by atoms with Crippen LogP contribution < -0.4 is 21.0 Å². The molecule has 17 heteroatoms. The summed E-state index contributed by atoms with van der Waals surface area (Å²) in [5.74, 6) is -0.296. The lowest BCUT2D eigenvalue weighted by Gasteiger charge is -2.33. The number of benzene rings is 4. The zero-order valence-electron chi connectivity index (χ0n) is 26.2. The Morgan fingerprint density at radius 2 is 1.37 bits per heavy atom. The minimum absolute atomic E-state index is 0.122. The SMILES string of the molecule is CN(CC(=O)Nc1ccc(S(=O)(=O)/N=c2/sc(S(N)(=O)=O)nn2C)cc1)/C(N)=N\SC(c1ccccc1)(c1ccccc1)c1ccccc1. The van der Waals surface area contributed by atoms with Crippen molar-refractivity contribution < 1.29 is 21.6 Å². The molecular formula is C32H32N8O5S4. The number of carbonyl (C=O) groups is 1. The van der Waals surface area contributed by atoms with Crippen LogP contribution in [0.5, 0.6) is 0 Å². The number of primary sulfonamides is 1. The highest BCUT2D eigenvalue weighted by atomic mass is 32.2. The van der Waals surface area contributed by atoms with Crippen LogP contribution in [0.4, 0.5) is 5.69 Å². The molecule has 0 saturated heterocycles. The smallest absolute Gasteiger partial charge is 0.285 e. The normalized spacial score (nSPS) is 12.9. The molecule has 5 aromatic rings. The lowest BCUT2D eigenvalue weighted by molar-refractivity contribution is -0.116. The molecule has 0 aliphatic rings. The molecule has 0 saturated carbocycles. The first-order valence-electron chi connectivity index (χ1n) is 14.5. The zero-order valence-corrected chi connectivity index (χ0v) is 29.5. The number of aromatic nitrogens is 2. The molecule has 0 unspecified atom stereocenters. The number of nitrogens with one attached hydrogen (secondary N) is 1. The van der Waals surface area contributed by atoms with E-state index in [1.807, 2.05) is 91.0 Å². The van der Waals surface area contributed by atoms with E-state index in [4.69, 9.17) is 15.3 Å². The Hall–Kier alpha value is -4.81. The van der Waals surface area contributed by atoms with Gasteiger partial charge >= 0.3 is 0 Å². The van der Waals surface area contributed by atoms with Crippen molar-refractivity contribution in [1.82, 2.24) is 14.7 Å². The van der Waals surface area contributed by atoms with Crippen LogP contribution in [-0.2, 0) is 36.6 Å². The summed E-state index contributed by atoms with van der Waals surface area (Å²) in [6, 6.07) is 35.3. The van der Waals surface area contributed by atoms with E-state index in [2.05, 4.69) is 14.8 Å². The van der Waals surface area contributed by atoms with Crippen molar-refractivity contribution in [2.24, 2.45) is 26.7 Å². The molecule has 5 rings (SSSR count). The van der Waals surface area contributed by atoms with E-state index in [1.165, 1.54) is 48.2 Å². The molecule has 0 spiro atoms. The summed E-state index contributed by atoms with van der Waals surface area (Å²) in [7, 11) is -5.38. The fourth-order valence-electron chi connectivity index (χ4n) is 4.75. The third-order valence-electron chi connectivity index (χ3n) is 7.15. The number of anilines is 1. The van der Waals surface area contributed by atoms with Gasteiger partial charge in [-0.2, -0.15) is 12.8 Å². The van der Waals surface area contributed by atoms with E-state index in [9.17, 15) is 21.6 Å². The van der Waals surface area contributed by atoms with Gasteiger partial charge in [0.1, 0.15) is 4.75 Å². The topological polar surface area (TPSA) is 195 Å². The summed E-state index contributed by atoms with van der Waals surface area (Å²) in [5, 5.41) is 11.5. The Bertz CT molecular complexity index is 2150. The second kappa shape index (κ2) is 14.8. The van der Waals surface area contributed by atoms with Gasteiger partial charge in [0.2, 0.25) is 21.0 Å². The van der Waals surface area contributed by atoms with Crippen molar-refractivity contribution in [2.45, 2.75) is 14.0 Å². The van der Waals surface area contributed by atoms with Gasteiger partial charge in [0.05, 0.1) is 11.4 Å². The number of hydrogen-bond donors (Lipinski definition) is 3. The summed E-state index contributed by atoms with van der Waals surface area (Å²) < 4.78 is 57.1. The summed E-state index contributed by atoms with van der Waals surface area (Å²) >= 11 is 1.81. The average Bonchev–Trinajstić information content (AvgIpc) is 3.46. The molecule has 49 heavy (non-hydrogen) atoms. The molecule has 0 atom stereocenters. The molecule has 1 heterocycles. The third kappa shape index (κ3) is 8.26. The molecule has 1 amide bonds. The standard InChI is InChI=1S/C32H32N8O5S4/c1-39(22-28(41)35-26-18-20-27(21-19-26)49(44,45)38-30-40(2)36-31(46-30)48(34,42)43)29(33)37-47-32(23-12-6-3-7-13-23,24-14-8-4-9-15-24)25-16-10-5-11-17-25/h3-21H,22H2,1-2H3,(H2,33,37)(H,35,41)(H2,34,42,43)/b38-30+. The highest BCUT2D eigenvalue weighted by Gasteiger charge is 2.38. The van der Waals surface area contributed by atoms with Crippen molar-refractivity contribution in [3.05, 3.63) is 137 Å². The van der Waals surface area contributed by atoms with E-state index in [0.717, 1.165) is 21.4 Å². The van der Waals surface area contributed by atoms with Crippen LogP contribution in [0.2, 0.25) is 0 Å². The van der Waals surface area contributed by atoms with Crippen LogP contribution in [0.3, 0.4) is 0 Å². The number of carbonyl (C=O) groups excluding carboxylic acids is 1. The number of amides is 1. The molecule has 5 N–H and O–H groups in total. The Morgan fingerprint density at radius 3 is 1.82 bits per heavy atom. The summed E-state index contributed by atoms with van der Waals surface area (Å²) in [6.07, 6.45) is 0. The van der Waals surface area contributed by atoms with Gasteiger partial charge in [0, 0.05) is 19.8 Å². The number of rotatable bonds is 11. The fraction of sp³-hybridized carbons (Fsp3) is 0.125. The van der Waals surface area contributed by atoms with E-state index < -0.39 is 35.0 Å². The largest absolute Gasteiger partial charge is 0.369 e. The summed E-state index contributed by atoms with van der Waals surface area (Å²) in [6.45, 7) is -0.144. The first-order valence-corrected chi connectivity index (χ1v) is 19.0. The van der Waals surface area contributed by atoms with Gasteiger partial charge in [0.25, 0.3) is 20.0 Å². The van der Waals surface area contributed by atoms with E-state index in [-0.39, 0.29) is 22.2 Å². The maximum Gasteiger partial charge on any atom is 0.285 e. The molecule has 0 aliphatic heterocycles. The molecule has 13 nitrogen and oxygen atoms in total. The lowest BCUT2D eigenvalue weighted by atomic mass is 9.84. The average molecular weight is 737 g/mol. The van der Waals surface area contributed by atoms with Gasteiger partial charge in [-0.3, -0.25) is 4.79 Å². The molecule has 0 fully saturated rings. The highest BCUT2D eigenvalue weighted by molar-refractivity contribution is 7.99. The van der Waals surface area contributed by atoms with Gasteiger partial charge in [-0.25, -0.2) is 18.2 Å². The van der Waals surface area contributed by atoms with Crippen LogP contribution >= 0.6 is 23.3 Å². The summed E-state index contributed by atoms with van der Waals surface area (Å²) in [4.78, 5) is 14.1. The number of nitrogens with two attached hydrogens (primary N) is 2. The third-order valence-corrected chi connectivity index (χ3v) is 12.1. The van der Waals surface area contributed by atoms with Crippen molar-refractivity contribution in [3.63, 3.8) is 0 Å². The molecular weight excluding hydrogens is 705 g/mol. The summed E-state index contributed by atoms with van der Waals surface area (Å²) in [5.41, 5.74) is 9.76. The Kier molecular flexibility index (Phi) is 10.7. The van der Waals surface area contributed by atoms with E-state index in [0.29, 0.717) is 17.0 Å². The highest BCUT2D eigenvalue weighted by Crippen LogP contribution is 2.49. The van der Waals surface area contributed by atoms with Crippen LogP contribution in [0.25, 0.3) is 0 Å². The van der Waals surface area contributed by atoms with Crippen LogP contribution in [0.15, 0.2) is 133 Å². The van der Waals surface area contributed by atoms with Crippen molar-refractivity contribution in [2.75, 3.05) is 18.9 Å². The fourth-order valence-corrected chi connectivity index (χ4v) is 8.61. The quantitative estimate of drug-likeness (QED) is 0.0790. The maximum absolute atomic E-state index is 13.0. The van der Waals surface area contributed by atoms with Crippen molar-refractivity contribution >= 4 is 60.9 Å². The van der Waals surface area contributed by atoms with Gasteiger partial charge in [0.15, 0.2) is 0 Å². The Balaban J connectivity index is 1.31. The predicted octanol–water partition coefficient (Wildman–Crippen LogP) is 3.24. The molecule has 0 aliphatic carbocycles. The van der Waals surface area contributed by atoms with Gasteiger partial charge < -0.3 is 16.0 Å². The van der Waals surface area contributed by atoms with Gasteiger partial charge in [-0.05, 0) is 52.9 Å². The number of sulfonamides is 2. The van der Waals surface area contributed by atoms with E-state index in [1.54, 1.807) is 7.05 Å². The second-order valence-electron chi connectivity index (χ2n) is 10.6. The monoisotopic (exact) mass is 736 g/mol. The number of guanidine groups is 1. The van der Waals surface area contributed by atoms with Crippen LogP contribution in [-0.4, -0.2) is 57.0 Å². The van der Waals surface area contributed by atoms with Crippen molar-refractivity contribution in [1.29, 1.82) is 0 Å². The van der Waals surface area contributed by atoms with E-state index >= 15 is 0 Å². The zero-order chi connectivity index (χ0) is 35.2. The molecule has 1 aromatic heterocycles. The molecule has 0 radical (unpaired) electrons. The van der Waals surface area contributed by atoms with Crippen LogP contribution in [0, 0.1) is 0 Å². The maximum atomic E-state index is 13.0. The van der Waals surface area contributed by atoms with Crippen molar-refractivity contribution in [3.8, 4) is 0 Å². The number of nitrogens with zero attached hydrogens (tertiary/aromatic N) is 5. The lowest BCUT2D eigenvalue weighted by Crippen LogP contribution is -2.39. The molecule has 0 bridgehead atoms. The Labute approximate surface area is 292 Å². The molecule has 4 aromatic carbocycles. The Morgan fingerprint density at radius 1 is 0.878 bits per heavy atom. The van der Waals surface area contributed by atoms with Gasteiger partial charge in [-0.1, -0.05) is 102 Å². The predicted molar refractivity (Wildman–Crippen MR) is 191 cm³/mol. The number of likely N-dealkylation sites (N-methyl/N-ethyl adjacent to an activating group) is 1.